The summed E-state index contributed by atoms with van der Waals surface area (Å²) in [5.74, 6) is 0. The third-order valence-electron chi connectivity index (χ3n) is 1.41. The van der Waals surface area contributed by atoms with Crippen LogP contribution in [0.1, 0.15) is 6.42 Å². The maximum absolute atomic E-state index is 9.02. The third-order valence-corrected chi connectivity index (χ3v) is 1.41. The second-order valence-electron chi connectivity index (χ2n) is 2.06. The average molecular weight is 130 g/mol. The predicted molar refractivity (Wildman–Crippen MR) is 32.7 cm³/mol. The van der Waals surface area contributed by atoms with E-state index in [-0.39, 0.29) is 0 Å². The van der Waals surface area contributed by atoms with Crippen molar-refractivity contribution in [3.05, 3.63) is 0 Å². The Kier molecular flexibility index (Phi) is 2.02. The first-order valence-electron chi connectivity index (χ1n) is 2.94. The van der Waals surface area contributed by atoms with Gasteiger partial charge >= 0.3 is 0 Å². The van der Waals surface area contributed by atoms with E-state index in [2.05, 4.69) is 10.5 Å². The third kappa shape index (κ3) is 1.40. The Hall–Kier alpha value is -0.610. The van der Waals surface area contributed by atoms with Gasteiger partial charge in [-0.3, -0.25) is 0 Å². The van der Waals surface area contributed by atoms with Crippen LogP contribution in [0.15, 0.2) is 5.16 Å². The quantitative estimate of drug-likeness (QED) is 0.296. The first kappa shape index (κ1) is 6.51. The summed E-state index contributed by atoms with van der Waals surface area (Å²) in [6.45, 7) is 1.29. The van der Waals surface area contributed by atoms with Crippen LogP contribution >= 0.6 is 0 Å². The van der Waals surface area contributed by atoms with E-state index in [1.807, 2.05) is 0 Å². The minimum atomic E-state index is -0.594. The fourth-order valence-corrected chi connectivity index (χ4v) is 0.856. The molecule has 52 valence electrons. The number of aliphatic hydroxyl groups is 1. The summed E-state index contributed by atoms with van der Waals surface area (Å²) in [5, 5.41) is 23.2. The number of hydrogen-bond acceptors (Lipinski definition) is 4. The van der Waals surface area contributed by atoms with Crippen LogP contribution in [0.25, 0.3) is 0 Å². The lowest BCUT2D eigenvalue weighted by Gasteiger charge is -2.18. The summed E-state index contributed by atoms with van der Waals surface area (Å²) in [5.41, 5.74) is 0.480. The summed E-state index contributed by atoms with van der Waals surface area (Å²) in [7, 11) is 0. The summed E-state index contributed by atoms with van der Waals surface area (Å²) >= 11 is 0. The van der Waals surface area contributed by atoms with Gasteiger partial charge in [-0.2, -0.15) is 0 Å². The first-order chi connectivity index (χ1) is 4.34. The molecule has 9 heavy (non-hydrogen) atoms. The Morgan fingerprint density at radius 3 is 2.89 bits per heavy atom. The second kappa shape index (κ2) is 2.80. The van der Waals surface area contributed by atoms with Crippen molar-refractivity contribution < 1.29 is 10.3 Å². The summed E-state index contributed by atoms with van der Waals surface area (Å²) in [6.07, 6.45) is 0.0428. The number of hydrogen-bond donors (Lipinski definition) is 3. The van der Waals surface area contributed by atoms with Crippen LogP contribution in [0.5, 0.6) is 0 Å². The zero-order chi connectivity index (χ0) is 6.69. The molecule has 0 bridgehead atoms. The Morgan fingerprint density at radius 1 is 1.67 bits per heavy atom. The van der Waals surface area contributed by atoms with Gasteiger partial charge in [-0.1, -0.05) is 5.16 Å². The van der Waals surface area contributed by atoms with E-state index in [4.69, 9.17) is 10.3 Å². The SMILES string of the molecule is O/N=C1/CCNCC1O. The van der Waals surface area contributed by atoms with Gasteiger partial charge in [0.25, 0.3) is 0 Å². The topological polar surface area (TPSA) is 64.9 Å². The van der Waals surface area contributed by atoms with E-state index in [1.165, 1.54) is 0 Å². The molecule has 0 amide bonds. The molecule has 1 atom stereocenters. The monoisotopic (exact) mass is 130 g/mol. The minimum Gasteiger partial charge on any atom is -0.411 e. The average Bonchev–Trinajstić information content (AvgIpc) is 1.89. The van der Waals surface area contributed by atoms with Crippen molar-refractivity contribution in [1.29, 1.82) is 0 Å². The van der Waals surface area contributed by atoms with E-state index in [0.29, 0.717) is 18.7 Å². The smallest absolute Gasteiger partial charge is 0.108 e. The normalized spacial score (nSPS) is 33.0. The highest BCUT2D eigenvalue weighted by Crippen LogP contribution is 1.97. The highest BCUT2D eigenvalue weighted by Gasteiger charge is 2.16. The lowest BCUT2D eigenvalue weighted by atomic mass is 10.1. The molecule has 3 N–H and O–H groups in total. The van der Waals surface area contributed by atoms with Gasteiger partial charge in [-0.15, -0.1) is 0 Å². The molecule has 0 radical (unpaired) electrons. The van der Waals surface area contributed by atoms with E-state index in [1.54, 1.807) is 0 Å². The molecular formula is C5H10N2O2. The molecule has 0 saturated carbocycles. The lowest BCUT2D eigenvalue weighted by Crippen LogP contribution is -2.40. The predicted octanol–water partition coefficient (Wildman–Crippen LogP) is -0.829. The number of piperidine rings is 1. The fraction of sp³-hybridized carbons (Fsp3) is 0.800. The number of β-amino-alcohol motifs (C(OH)–C–C–N with tert-alkyl or cyclic N) is 1. The molecule has 0 spiro atoms. The molecular weight excluding hydrogens is 120 g/mol. The molecule has 1 fully saturated rings. The van der Waals surface area contributed by atoms with E-state index in [0.717, 1.165) is 6.54 Å². The Morgan fingerprint density at radius 2 is 2.44 bits per heavy atom. The second-order valence-corrected chi connectivity index (χ2v) is 2.06. The van der Waals surface area contributed by atoms with Gasteiger partial charge < -0.3 is 15.6 Å². The van der Waals surface area contributed by atoms with Crippen molar-refractivity contribution in [2.45, 2.75) is 12.5 Å². The molecule has 1 rings (SSSR count). The largest absolute Gasteiger partial charge is 0.411 e. The van der Waals surface area contributed by atoms with Crippen molar-refractivity contribution in [1.82, 2.24) is 5.32 Å². The van der Waals surface area contributed by atoms with Crippen LogP contribution in [-0.4, -0.2) is 35.2 Å². The van der Waals surface area contributed by atoms with E-state index >= 15 is 0 Å². The molecule has 4 nitrogen and oxygen atoms in total. The molecule has 1 heterocycles. The molecule has 0 aliphatic carbocycles. The molecule has 0 aromatic heterocycles. The summed E-state index contributed by atoms with van der Waals surface area (Å²) in [6, 6.07) is 0. The van der Waals surface area contributed by atoms with Gasteiger partial charge in [0.15, 0.2) is 0 Å². The van der Waals surface area contributed by atoms with Crippen molar-refractivity contribution in [3.8, 4) is 0 Å². The van der Waals surface area contributed by atoms with Crippen molar-refractivity contribution in [2.24, 2.45) is 5.16 Å². The standard InChI is InChI=1S/C5H10N2O2/c8-5-3-6-2-1-4(5)7-9/h5-6,8-9H,1-3H2/b7-4-. The van der Waals surface area contributed by atoms with E-state index < -0.39 is 6.10 Å². The molecule has 1 aliphatic heterocycles. The Balaban J connectivity index is 2.49. The maximum atomic E-state index is 9.02. The van der Waals surface area contributed by atoms with Crippen LogP contribution in [0, 0.1) is 0 Å². The molecule has 0 aromatic carbocycles. The molecule has 4 heteroatoms. The van der Waals surface area contributed by atoms with Crippen molar-refractivity contribution in [2.75, 3.05) is 13.1 Å². The Labute approximate surface area is 53.2 Å². The zero-order valence-corrected chi connectivity index (χ0v) is 5.04. The molecule has 1 unspecified atom stereocenters. The zero-order valence-electron chi connectivity index (χ0n) is 5.04. The number of aliphatic hydroxyl groups excluding tert-OH is 1. The van der Waals surface area contributed by atoms with Gasteiger partial charge in [-0.05, 0) is 0 Å². The maximum Gasteiger partial charge on any atom is 0.108 e. The van der Waals surface area contributed by atoms with E-state index in [9.17, 15) is 0 Å². The van der Waals surface area contributed by atoms with Crippen LogP contribution in [0.4, 0.5) is 0 Å². The van der Waals surface area contributed by atoms with Crippen LogP contribution < -0.4 is 5.32 Å². The number of nitrogens with zero attached hydrogens (tertiary/aromatic N) is 1. The highest BCUT2D eigenvalue weighted by molar-refractivity contribution is 5.89. The van der Waals surface area contributed by atoms with Crippen LogP contribution in [0.3, 0.4) is 0 Å². The number of rotatable bonds is 0. The van der Waals surface area contributed by atoms with Gasteiger partial charge in [0.2, 0.25) is 0 Å². The fourth-order valence-electron chi connectivity index (χ4n) is 0.856. The minimum absolute atomic E-state index is 0.480. The molecule has 1 aliphatic rings. The van der Waals surface area contributed by atoms with Crippen LogP contribution in [-0.2, 0) is 0 Å². The molecule has 0 aromatic rings. The van der Waals surface area contributed by atoms with Gasteiger partial charge in [0.1, 0.15) is 6.10 Å². The summed E-state index contributed by atoms with van der Waals surface area (Å²) in [4.78, 5) is 0. The van der Waals surface area contributed by atoms with Crippen molar-refractivity contribution >= 4 is 5.71 Å². The Bertz CT molecular complexity index is 124. The highest BCUT2D eigenvalue weighted by atomic mass is 16.4. The summed E-state index contributed by atoms with van der Waals surface area (Å²) < 4.78 is 0. The number of oxime groups is 1. The van der Waals surface area contributed by atoms with Gasteiger partial charge in [0.05, 0.1) is 5.71 Å². The lowest BCUT2D eigenvalue weighted by molar-refractivity contribution is 0.214. The number of nitrogens with one attached hydrogen (secondary N) is 1. The van der Waals surface area contributed by atoms with Crippen LogP contribution in [0.2, 0.25) is 0 Å². The molecule has 1 saturated heterocycles. The van der Waals surface area contributed by atoms with Crippen molar-refractivity contribution in [3.63, 3.8) is 0 Å². The van der Waals surface area contributed by atoms with Gasteiger partial charge in [0, 0.05) is 19.5 Å². The van der Waals surface area contributed by atoms with Gasteiger partial charge in [-0.25, -0.2) is 0 Å². The first-order valence-corrected chi connectivity index (χ1v) is 2.94.